The van der Waals surface area contributed by atoms with Crippen molar-refractivity contribution in [3.8, 4) is 0 Å². The molecule has 1 nitrogen and oxygen atoms in total. The first-order valence-electron chi connectivity index (χ1n) is 3.56. The summed E-state index contributed by atoms with van der Waals surface area (Å²) in [6.07, 6.45) is 4.04. The Labute approximate surface area is 62.0 Å². The van der Waals surface area contributed by atoms with Crippen LogP contribution in [0.25, 0.3) is 0 Å². The number of hydrogen-bond acceptors (Lipinski definition) is 1. The number of hydrogen-bond donors (Lipinski definition) is 0. The van der Waals surface area contributed by atoms with Crippen molar-refractivity contribution in [3.63, 3.8) is 0 Å². The Balaban J connectivity index is 2.31. The van der Waals surface area contributed by atoms with Gasteiger partial charge in [0, 0.05) is 13.1 Å². The van der Waals surface area contributed by atoms with Crippen molar-refractivity contribution in [1.29, 1.82) is 0 Å². The van der Waals surface area contributed by atoms with Gasteiger partial charge < -0.3 is 4.90 Å². The number of piperidine rings is 1. The fraction of sp³-hybridized carbons (Fsp3) is 0.857. The van der Waals surface area contributed by atoms with Gasteiger partial charge >= 0.3 is 0 Å². The lowest BCUT2D eigenvalue weighted by Crippen LogP contribution is -2.32. The molecule has 0 amide bonds. The van der Waals surface area contributed by atoms with E-state index >= 15 is 0 Å². The van der Waals surface area contributed by atoms with Crippen LogP contribution in [0.2, 0.25) is 0 Å². The van der Waals surface area contributed by atoms with E-state index in [0.29, 0.717) is 0 Å². The molecule has 0 spiro atoms. The summed E-state index contributed by atoms with van der Waals surface area (Å²) in [5, 5.41) is 0. The maximum absolute atomic E-state index is 5.04. The van der Waals surface area contributed by atoms with Crippen molar-refractivity contribution in [3.05, 3.63) is 0 Å². The van der Waals surface area contributed by atoms with Crippen LogP contribution < -0.4 is 0 Å². The fourth-order valence-corrected chi connectivity index (χ4v) is 1.39. The van der Waals surface area contributed by atoms with Crippen LogP contribution in [0.1, 0.15) is 26.2 Å². The van der Waals surface area contributed by atoms with Crippen LogP contribution in [-0.2, 0) is 0 Å². The minimum absolute atomic E-state index is 1.06. The summed E-state index contributed by atoms with van der Waals surface area (Å²) in [5.41, 5.74) is 0. The van der Waals surface area contributed by atoms with Crippen LogP contribution >= 0.6 is 12.2 Å². The van der Waals surface area contributed by atoms with Crippen molar-refractivity contribution in [2.24, 2.45) is 0 Å². The van der Waals surface area contributed by atoms with Crippen molar-refractivity contribution in [2.45, 2.75) is 26.2 Å². The van der Waals surface area contributed by atoms with Crippen LogP contribution in [0.15, 0.2) is 0 Å². The van der Waals surface area contributed by atoms with Crippen molar-refractivity contribution in [1.82, 2.24) is 4.90 Å². The molecular formula is C7H13NS. The second kappa shape index (κ2) is 3.16. The molecule has 0 radical (unpaired) electrons. The molecule has 1 saturated heterocycles. The second-order valence-corrected chi connectivity index (χ2v) is 3.16. The summed E-state index contributed by atoms with van der Waals surface area (Å²) in [5.74, 6) is 0. The standard InChI is InChI=1S/C7H13NS/c1-7(9)8-5-3-2-4-6-8/h2-6H2,1H3. The lowest BCUT2D eigenvalue weighted by Gasteiger charge is -2.27. The molecule has 0 aromatic rings. The highest BCUT2D eigenvalue weighted by Crippen LogP contribution is 2.08. The van der Waals surface area contributed by atoms with Crippen molar-refractivity contribution in [2.75, 3.05) is 13.1 Å². The maximum Gasteiger partial charge on any atom is 0.0747 e. The third kappa shape index (κ3) is 1.94. The number of nitrogens with zero attached hydrogens (tertiary/aromatic N) is 1. The van der Waals surface area contributed by atoms with Gasteiger partial charge in [0.2, 0.25) is 0 Å². The zero-order valence-corrected chi connectivity index (χ0v) is 6.71. The summed E-state index contributed by atoms with van der Waals surface area (Å²) in [7, 11) is 0. The van der Waals surface area contributed by atoms with Crippen molar-refractivity contribution < 1.29 is 0 Å². The van der Waals surface area contributed by atoms with Gasteiger partial charge in [-0.05, 0) is 26.2 Å². The second-order valence-electron chi connectivity index (χ2n) is 2.57. The number of likely N-dealkylation sites (tertiary alicyclic amines) is 1. The Morgan fingerprint density at radius 2 is 1.78 bits per heavy atom. The molecule has 1 heterocycles. The van der Waals surface area contributed by atoms with E-state index in [1.54, 1.807) is 0 Å². The molecule has 0 atom stereocenters. The zero-order valence-electron chi connectivity index (χ0n) is 5.89. The van der Waals surface area contributed by atoms with E-state index in [-0.39, 0.29) is 0 Å². The van der Waals surface area contributed by atoms with Gasteiger partial charge in [0.05, 0.1) is 4.99 Å². The molecule has 1 aliphatic heterocycles. The van der Waals surface area contributed by atoms with E-state index in [1.165, 1.54) is 32.4 Å². The molecule has 0 aliphatic carbocycles. The number of thiocarbonyl (C=S) groups is 1. The van der Waals surface area contributed by atoms with Crippen LogP contribution in [0.3, 0.4) is 0 Å². The monoisotopic (exact) mass is 143 g/mol. The normalized spacial score (nSPS) is 19.9. The lowest BCUT2D eigenvalue weighted by atomic mass is 10.1. The van der Waals surface area contributed by atoms with Gasteiger partial charge in [0.15, 0.2) is 0 Å². The number of rotatable bonds is 0. The Morgan fingerprint density at radius 1 is 1.22 bits per heavy atom. The molecule has 0 aromatic carbocycles. The largest absolute Gasteiger partial charge is 0.366 e. The highest BCUT2D eigenvalue weighted by molar-refractivity contribution is 7.80. The topological polar surface area (TPSA) is 3.24 Å². The molecule has 52 valence electrons. The summed E-state index contributed by atoms with van der Waals surface area (Å²) >= 11 is 5.04. The molecule has 2 heteroatoms. The first kappa shape index (κ1) is 7.00. The van der Waals surface area contributed by atoms with Gasteiger partial charge in [0.1, 0.15) is 0 Å². The molecule has 1 aliphatic rings. The highest BCUT2D eigenvalue weighted by atomic mass is 32.1. The third-order valence-corrected chi connectivity index (χ3v) is 2.06. The SMILES string of the molecule is CC(=S)N1CCCCC1. The van der Waals surface area contributed by atoms with Gasteiger partial charge in [-0.15, -0.1) is 0 Å². The van der Waals surface area contributed by atoms with E-state index in [2.05, 4.69) is 4.90 Å². The van der Waals surface area contributed by atoms with Crippen LogP contribution in [0, 0.1) is 0 Å². The lowest BCUT2D eigenvalue weighted by molar-refractivity contribution is 0.345. The Morgan fingerprint density at radius 3 is 2.11 bits per heavy atom. The average molecular weight is 143 g/mol. The van der Waals surface area contributed by atoms with E-state index < -0.39 is 0 Å². The van der Waals surface area contributed by atoms with E-state index in [0.717, 1.165) is 4.99 Å². The molecule has 0 N–H and O–H groups in total. The smallest absolute Gasteiger partial charge is 0.0747 e. The predicted molar refractivity (Wildman–Crippen MR) is 43.7 cm³/mol. The Hall–Kier alpha value is -0.110. The van der Waals surface area contributed by atoms with Gasteiger partial charge in [0.25, 0.3) is 0 Å². The Bertz CT molecular complexity index is 105. The predicted octanol–water partition coefficient (Wildman–Crippen LogP) is 1.82. The van der Waals surface area contributed by atoms with Crippen molar-refractivity contribution >= 4 is 17.2 Å². The van der Waals surface area contributed by atoms with Gasteiger partial charge in [-0.25, -0.2) is 0 Å². The minimum atomic E-state index is 1.06. The van der Waals surface area contributed by atoms with Crippen LogP contribution in [0.5, 0.6) is 0 Å². The van der Waals surface area contributed by atoms with Gasteiger partial charge in [-0.3, -0.25) is 0 Å². The quantitative estimate of drug-likeness (QED) is 0.476. The molecule has 1 rings (SSSR count). The zero-order chi connectivity index (χ0) is 6.69. The average Bonchev–Trinajstić information content (AvgIpc) is 1.90. The summed E-state index contributed by atoms with van der Waals surface area (Å²) in [4.78, 5) is 3.36. The highest BCUT2D eigenvalue weighted by Gasteiger charge is 2.08. The van der Waals surface area contributed by atoms with Gasteiger partial charge in [-0.2, -0.15) is 0 Å². The summed E-state index contributed by atoms with van der Waals surface area (Å²) in [6, 6.07) is 0. The molecule has 0 saturated carbocycles. The van der Waals surface area contributed by atoms with Gasteiger partial charge in [-0.1, -0.05) is 12.2 Å². The molecule has 0 bridgehead atoms. The molecule has 9 heavy (non-hydrogen) atoms. The van der Waals surface area contributed by atoms with E-state index in [9.17, 15) is 0 Å². The fourth-order valence-electron chi connectivity index (χ4n) is 1.21. The maximum atomic E-state index is 5.04. The van der Waals surface area contributed by atoms with E-state index in [4.69, 9.17) is 12.2 Å². The summed E-state index contributed by atoms with van der Waals surface area (Å²) < 4.78 is 0. The third-order valence-electron chi connectivity index (χ3n) is 1.80. The molecule has 0 unspecified atom stereocenters. The Kier molecular flexibility index (Phi) is 2.46. The first-order valence-corrected chi connectivity index (χ1v) is 3.97. The van der Waals surface area contributed by atoms with E-state index in [1.807, 2.05) is 6.92 Å². The first-order chi connectivity index (χ1) is 4.30. The van der Waals surface area contributed by atoms with Crippen LogP contribution in [0.4, 0.5) is 0 Å². The molecule has 1 fully saturated rings. The van der Waals surface area contributed by atoms with Crippen LogP contribution in [-0.4, -0.2) is 23.0 Å². The summed E-state index contributed by atoms with van der Waals surface area (Å²) in [6.45, 7) is 4.39. The minimum Gasteiger partial charge on any atom is -0.366 e. The molecular weight excluding hydrogens is 130 g/mol. The molecule has 0 aromatic heterocycles.